The van der Waals surface area contributed by atoms with Crippen molar-refractivity contribution in [1.29, 1.82) is 0 Å². The minimum absolute atomic E-state index is 0.00225. The highest BCUT2D eigenvalue weighted by Crippen LogP contribution is 2.18. The lowest BCUT2D eigenvalue weighted by atomic mass is 9.97. The third kappa shape index (κ3) is 7.16. The van der Waals surface area contributed by atoms with Gasteiger partial charge in [0.2, 0.25) is 5.91 Å². The zero-order valence-corrected chi connectivity index (χ0v) is 18.3. The predicted octanol–water partition coefficient (Wildman–Crippen LogP) is 3.90. The van der Waals surface area contributed by atoms with E-state index in [0.717, 1.165) is 43.3 Å². The number of rotatable bonds is 4. The summed E-state index contributed by atoms with van der Waals surface area (Å²) >= 11 is 5.68. The van der Waals surface area contributed by atoms with Gasteiger partial charge in [0.05, 0.1) is 12.2 Å². The highest BCUT2D eigenvalue weighted by atomic mass is 32.1. The largest absolute Gasteiger partial charge is 0.360 e. The Labute approximate surface area is 183 Å². The molecule has 2 N–H and O–H groups in total. The monoisotopic (exact) mass is 438 g/mol. The van der Waals surface area contributed by atoms with E-state index in [0.29, 0.717) is 12.6 Å². The van der Waals surface area contributed by atoms with Crippen LogP contribution in [0.3, 0.4) is 0 Å². The van der Waals surface area contributed by atoms with Gasteiger partial charge in [0.25, 0.3) is 0 Å². The Balaban J connectivity index is 1.44. The molecule has 1 aromatic carbocycles. The molecule has 1 aliphatic carbocycles. The normalized spacial score (nSPS) is 19.5. The Hall–Kier alpha value is -1.80. The molecule has 0 unspecified atom stereocenters. The molecule has 1 aliphatic heterocycles. The minimum atomic E-state index is -0.768. The van der Waals surface area contributed by atoms with Crippen molar-refractivity contribution in [3.63, 3.8) is 0 Å². The molecule has 0 radical (unpaired) electrons. The third-order valence-corrected chi connectivity index (χ3v) is 6.26. The number of hydrogen-bond acceptors (Lipinski definition) is 3. The molecule has 1 heterocycles. The van der Waals surface area contributed by atoms with Crippen LogP contribution in [0.5, 0.6) is 0 Å². The second kappa shape index (κ2) is 11.6. The Morgan fingerprint density at radius 3 is 2.47 bits per heavy atom. The van der Waals surface area contributed by atoms with Gasteiger partial charge in [-0.2, -0.15) is 0 Å². The second-order valence-electron chi connectivity index (χ2n) is 8.28. The molecule has 30 heavy (non-hydrogen) atoms. The maximum Gasteiger partial charge on any atom is 0.238 e. The summed E-state index contributed by atoms with van der Waals surface area (Å²) in [6, 6.07) is 3.61. The number of nitrogens with one attached hydrogen (secondary N) is 2. The summed E-state index contributed by atoms with van der Waals surface area (Å²) < 4.78 is 26.7. The molecule has 3 rings (SSSR count). The van der Waals surface area contributed by atoms with E-state index < -0.39 is 11.6 Å². The van der Waals surface area contributed by atoms with E-state index in [4.69, 9.17) is 12.2 Å². The molecule has 0 atom stereocenters. The van der Waals surface area contributed by atoms with Crippen LogP contribution in [0.15, 0.2) is 18.2 Å². The molecule has 1 saturated carbocycles. The quantitative estimate of drug-likeness (QED) is 0.699. The Morgan fingerprint density at radius 2 is 1.73 bits per heavy atom. The van der Waals surface area contributed by atoms with Crippen molar-refractivity contribution in [2.75, 3.05) is 38.0 Å². The molecular formula is C22H32F2N4OS. The van der Waals surface area contributed by atoms with Crippen LogP contribution in [0.25, 0.3) is 0 Å². The number of thiocarbonyl (C=S) groups is 1. The SMILES string of the molecule is O=C(CN1CCCN(C(=S)NC2CCCCCCC2)CC1)Nc1ccc(F)cc1F. The second-order valence-corrected chi connectivity index (χ2v) is 8.67. The van der Waals surface area contributed by atoms with Crippen molar-refractivity contribution in [2.45, 2.75) is 57.4 Å². The van der Waals surface area contributed by atoms with Gasteiger partial charge in [-0.05, 0) is 43.6 Å². The zero-order valence-electron chi connectivity index (χ0n) is 17.5. The van der Waals surface area contributed by atoms with E-state index in [1.54, 1.807) is 0 Å². The average molecular weight is 439 g/mol. The van der Waals surface area contributed by atoms with Gasteiger partial charge < -0.3 is 15.5 Å². The van der Waals surface area contributed by atoms with Crippen molar-refractivity contribution >= 4 is 28.9 Å². The highest BCUT2D eigenvalue weighted by Gasteiger charge is 2.21. The summed E-state index contributed by atoms with van der Waals surface area (Å²) in [6.45, 7) is 3.29. The highest BCUT2D eigenvalue weighted by molar-refractivity contribution is 7.80. The first-order chi connectivity index (χ1) is 14.5. The van der Waals surface area contributed by atoms with Crippen LogP contribution >= 0.6 is 12.2 Å². The summed E-state index contributed by atoms with van der Waals surface area (Å²) in [7, 11) is 0. The first kappa shape index (κ1) is 22.9. The summed E-state index contributed by atoms with van der Waals surface area (Å²) in [5.74, 6) is -1.73. The fourth-order valence-electron chi connectivity index (χ4n) is 4.18. The van der Waals surface area contributed by atoms with E-state index in [2.05, 4.69) is 20.4 Å². The lowest BCUT2D eigenvalue weighted by Gasteiger charge is -2.29. The maximum atomic E-state index is 13.7. The number of benzene rings is 1. The number of nitrogens with zero attached hydrogens (tertiary/aromatic N) is 2. The topological polar surface area (TPSA) is 47.6 Å². The smallest absolute Gasteiger partial charge is 0.238 e. The van der Waals surface area contributed by atoms with E-state index in [1.807, 2.05) is 0 Å². The van der Waals surface area contributed by atoms with Crippen LogP contribution in [-0.4, -0.2) is 59.6 Å². The van der Waals surface area contributed by atoms with E-state index in [1.165, 1.54) is 51.0 Å². The van der Waals surface area contributed by atoms with Gasteiger partial charge in [-0.15, -0.1) is 0 Å². The van der Waals surface area contributed by atoms with Crippen molar-refractivity contribution in [1.82, 2.24) is 15.1 Å². The van der Waals surface area contributed by atoms with Crippen LogP contribution in [0.4, 0.5) is 14.5 Å². The molecule has 0 aromatic heterocycles. The van der Waals surface area contributed by atoms with Crippen LogP contribution in [-0.2, 0) is 4.79 Å². The van der Waals surface area contributed by atoms with E-state index >= 15 is 0 Å². The number of anilines is 1. The predicted molar refractivity (Wildman–Crippen MR) is 119 cm³/mol. The summed E-state index contributed by atoms with van der Waals surface area (Å²) in [6.07, 6.45) is 9.77. The number of hydrogen-bond donors (Lipinski definition) is 2. The molecule has 1 saturated heterocycles. The van der Waals surface area contributed by atoms with Crippen LogP contribution in [0, 0.1) is 11.6 Å². The number of halogens is 2. The van der Waals surface area contributed by atoms with Crippen LogP contribution < -0.4 is 10.6 Å². The Bertz CT molecular complexity index is 725. The summed E-state index contributed by atoms with van der Waals surface area (Å²) in [5.41, 5.74) is 0.00225. The molecule has 2 aliphatic rings. The fraction of sp³-hybridized carbons (Fsp3) is 0.636. The van der Waals surface area contributed by atoms with Gasteiger partial charge in [-0.25, -0.2) is 8.78 Å². The van der Waals surface area contributed by atoms with Gasteiger partial charge in [0.15, 0.2) is 5.11 Å². The lowest BCUT2D eigenvalue weighted by Crippen LogP contribution is -2.46. The minimum Gasteiger partial charge on any atom is -0.360 e. The average Bonchev–Trinajstić information content (AvgIpc) is 2.91. The standard InChI is InChI=1S/C22H32F2N4OS/c23-17-9-10-20(19(24)15-17)26-21(29)16-27-11-6-12-28(14-13-27)22(30)25-18-7-4-2-1-3-5-8-18/h9-10,15,18H,1-8,11-14,16H2,(H,25,30)(H,26,29). The van der Waals surface area contributed by atoms with Gasteiger partial charge >= 0.3 is 0 Å². The zero-order chi connectivity index (χ0) is 21.3. The molecule has 2 fully saturated rings. The maximum absolute atomic E-state index is 13.7. The molecule has 5 nitrogen and oxygen atoms in total. The number of amides is 1. The van der Waals surface area contributed by atoms with Gasteiger partial charge in [0, 0.05) is 38.3 Å². The fourth-order valence-corrected chi connectivity index (χ4v) is 4.53. The van der Waals surface area contributed by atoms with Crippen molar-refractivity contribution < 1.29 is 13.6 Å². The van der Waals surface area contributed by atoms with E-state index in [9.17, 15) is 13.6 Å². The first-order valence-corrected chi connectivity index (χ1v) is 11.4. The van der Waals surface area contributed by atoms with Gasteiger partial charge in [0.1, 0.15) is 11.6 Å². The molecule has 166 valence electrons. The lowest BCUT2D eigenvalue weighted by molar-refractivity contribution is -0.117. The van der Waals surface area contributed by atoms with Crippen LogP contribution in [0.1, 0.15) is 51.4 Å². The Kier molecular flexibility index (Phi) is 8.81. The first-order valence-electron chi connectivity index (χ1n) is 11.0. The van der Waals surface area contributed by atoms with E-state index in [-0.39, 0.29) is 18.1 Å². The molecule has 0 spiro atoms. The summed E-state index contributed by atoms with van der Waals surface area (Å²) in [5, 5.41) is 6.92. The van der Waals surface area contributed by atoms with Crippen molar-refractivity contribution in [3.8, 4) is 0 Å². The molecule has 1 amide bonds. The Morgan fingerprint density at radius 1 is 1.00 bits per heavy atom. The summed E-state index contributed by atoms with van der Waals surface area (Å²) in [4.78, 5) is 16.6. The van der Waals surface area contributed by atoms with Gasteiger partial charge in [-0.1, -0.05) is 32.1 Å². The van der Waals surface area contributed by atoms with Crippen molar-refractivity contribution in [3.05, 3.63) is 29.8 Å². The van der Waals surface area contributed by atoms with Crippen LogP contribution in [0.2, 0.25) is 0 Å². The molecule has 8 heteroatoms. The molecule has 0 bridgehead atoms. The van der Waals surface area contributed by atoms with Crippen molar-refractivity contribution in [2.24, 2.45) is 0 Å². The number of carbonyl (C=O) groups excluding carboxylic acids is 1. The third-order valence-electron chi connectivity index (χ3n) is 5.88. The molecule has 1 aromatic rings. The molecular weight excluding hydrogens is 406 g/mol. The van der Waals surface area contributed by atoms with Gasteiger partial charge in [-0.3, -0.25) is 9.69 Å². The number of carbonyl (C=O) groups is 1.